The summed E-state index contributed by atoms with van der Waals surface area (Å²) in [4.78, 5) is 0. The SMILES string of the molecule is CC(CO)(Nc1cccc(Br)c1)c1cccc(F)c1. The summed E-state index contributed by atoms with van der Waals surface area (Å²) in [6.07, 6.45) is 0. The first-order valence-electron chi connectivity index (χ1n) is 5.94. The van der Waals surface area contributed by atoms with Crippen LogP contribution >= 0.6 is 15.9 Å². The lowest BCUT2D eigenvalue weighted by Crippen LogP contribution is -2.35. The molecule has 0 radical (unpaired) electrons. The molecule has 2 nitrogen and oxygen atoms in total. The minimum Gasteiger partial charge on any atom is -0.394 e. The standard InChI is InChI=1S/C15H15BrFNO/c1-15(10-19,11-4-2-6-13(17)8-11)18-14-7-3-5-12(16)9-14/h2-9,18-19H,10H2,1H3. The highest BCUT2D eigenvalue weighted by Gasteiger charge is 2.26. The summed E-state index contributed by atoms with van der Waals surface area (Å²) in [5.74, 6) is -0.312. The number of nitrogens with one attached hydrogen (secondary N) is 1. The zero-order valence-electron chi connectivity index (χ0n) is 10.5. The molecule has 0 aliphatic heterocycles. The fraction of sp³-hybridized carbons (Fsp3) is 0.200. The molecular weight excluding hydrogens is 309 g/mol. The minimum absolute atomic E-state index is 0.136. The predicted molar refractivity (Wildman–Crippen MR) is 78.6 cm³/mol. The van der Waals surface area contributed by atoms with E-state index in [-0.39, 0.29) is 12.4 Å². The van der Waals surface area contributed by atoms with Crippen molar-refractivity contribution in [3.63, 3.8) is 0 Å². The Hall–Kier alpha value is -1.39. The van der Waals surface area contributed by atoms with Gasteiger partial charge in [0.05, 0.1) is 12.1 Å². The molecule has 0 saturated heterocycles. The summed E-state index contributed by atoms with van der Waals surface area (Å²) in [6, 6.07) is 13.9. The molecule has 0 aliphatic rings. The van der Waals surface area contributed by atoms with Crippen LogP contribution in [0.25, 0.3) is 0 Å². The Balaban J connectivity index is 2.32. The van der Waals surface area contributed by atoms with Crippen LogP contribution < -0.4 is 5.32 Å². The van der Waals surface area contributed by atoms with Gasteiger partial charge in [-0.15, -0.1) is 0 Å². The van der Waals surface area contributed by atoms with Gasteiger partial charge in [0.1, 0.15) is 5.82 Å². The maximum absolute atomic E-state index is 13.3. The molecule has 0 saturated carbocycles. The van der Waals surface area contributed by atoms with Gasteiger partial charge in [-0.3, -0.25) is 0 Å². The lowest BCUT2D eigenvalue weighted by atomic mass is 9.92. The number of anilines is 1. The van der Waals surface area contributed by atoms with E-state index in [2.05, 4.69) is 21.2 Å². The Bertz CT molecular complexity index is 576. The predicted octanol–water partition coefficient (Wildman–Crippen LogP) is 3.91. The molecule has 0 fully saturated rings. The van der Waals surface area contributed by atoms with E-state index in [1.54, 1.807) is 12.1 Å². The summed E-state index contributed by atoms with van der Waals surface area (Å²) in [7, 11) is 0. The monoisotopic (exact) mass is 323 g/mol. The summed E-state index contributed by atoms with van der Waals surface area (Å²) in [5.41, 5.74) is 0.827. The van der Waals surface area contributed by atoms with Crippen molar-refractivity contribution >= 4 is 21.6 Å². The van der Waals surface area contributed by atoms with Crippen LogP contribution in [0.1, 0.15) is 12.5 Å². The van der Waals surface area contributed by atoms with Gasteiger partial charge >= 0.3 is 0 Å². The van der Waals surface area contributed by atoms with Crippen molar-refractivity contribution in [2.24, 2.45) is 0 Å². The second-order valence-corrected chi connectivity index (χ2v) is 5.55. The number of rotatable bonds is 4. The maximum Gasteiger partial charge on any atom is 0.123 e. The third kappa shape index (κ3) is 3.33. The highest BCUT2D eigenvalue weighted by Crippen LogP contribution is 2.27. The minimum atomic E-state index is -0.733. The van der Waals surface area contributed by atoms with Crippen molar-refractivity contribution in [2.75, 3.05) is 11.9 Å². The molecule has 19 heavy (non-hydrogen) atoms. The van der Waals surface area contributed by atoms with E-state index in [1.807, 2.05) is 31.2 Å². The van der Waals surface area contributed by atoms with Gasteiger partial charge in [0, 0.05) is 10.2 Å². The van der Waals surface area contributed by atoms with Crippen molar-refractivity contribution in [1.29, 1.82) is 0 Å². The van der Waals surface area contributed by atoms with Crippen molar-refractivity contribution in [2.45, 2.75) is 12.5 Å². The zero-order chi connectivity index (χ0) is 13.9. The third-order valence-electron chi connectivity index (χ3n) is 3.02. The van der Waals surface area contributed by atoms with Crippen LogP contribution in [-0.4, -0.2) is 11.7 Å². The van der Waals surface area contributed by atoms with E-state index >= 15 is 0 Å². The molecule has 1 unspecified atom stereocenters. The number of aliphatic hydroxyl groups is 1. The van der Waals surface area contributed by atoms with Gasteiger partial charge in [0.2, 0.25) is 0 Å². The molecule has 2 N–H and O–H groups in total. The summed E-state index contributed by atoms with van der Waals surface area (Å²) < 4.78 is 14.3. The molecule has 0 heterocycles. The third-order valence-corrected chi connectivity index (χ3v) is 3.52. The molecule has 0 aliphatic carbocycles. The number of hydrogen-bond donors (Lipinski definition) is 2. The lowest BCUT2D eigenvalue weighted by Gasteiger charge is -2.30. The number of aliphatic hydroxyl groups excluding tert-OH is 1. The second kappa shape index (κ2) is 5.72. The van der Waals surface area contributed by atoms with E-state index in [1.165, 1.54) is 12.1 Å². The first-order chi connectivity index (χ1) is 9.03. The molecule has 4 heteroatoms. The highest BCUT2D eigenvalue weighted by molar-refractivity contribution is 9.10. The van der Waals surface area contributed by atoms with Crippen LogP contribution in [0.2, 0.25) is 0 Å². The van der Waals surface area contributed by atoms with Crippen LogP contribution in [0.5, 0.6) is 0 Å². The van der Waals surface area contributed by atoms with Crippen LogP contribution in [0.3, 0.4) is 0 Å². The summed E-state index contributed by atoms with van der Waals surface area (Å²) in [6.45, 7) is 1.70. The van der Waals surface area contributed by atoms with Crippen LogP contribution in [0.4, 0.5) is 10.1 Å². The normalized spacial score (nSPS) is 13.9. The smallest absolute Gasteiger partial charge is 0.123 e. The molecule has 1 atom stereocenters. The van der Waals surface area contributed by atoms with Gasteiger partial charge in [0.15, 0.2) is 0 Å². The Kier molecular flexibility index (Phi) is 4.22. The van der Waals surface area contributed by atoms with Crippen molar-refractivity contribution in [3.05, 3.63) is 64.4 Å². The van der Waals surface area contributed by atoms with Crippen molar-refractivity contribution < 1.29 is 9.50 Å². The highest BCUT2D eigenvalue weighted by atomic mass is 79.9. The first kappa shape index (κ1) is 14.0. The molecule has 0 spiro atoms. The molecule has 0 amide bonds. The van der Waals surface area contributed by atoms with Crippen LogP contribution in [0.15, 0.2) is 53.0 Å². The Labute approximate surface area is 120 Å². The van der Waals surface area contributed by atoms with E-state index in [0.29, 0.717) is 5.56 Å². The first-order valence-corrected chi connectivity index (χ1v) is 6.73. The fourth-order valence-electron chi connectivity index (χ4n) is 1.92. The van der Waals surface area contributed by atoms with Gasteiger partial charge in [0.25, 0.3) is 0 Å². The maximum atomic E-state index is 13.3. The van der Waals surface area contributed by atoms with E-state index < -0.39 is 5.54 Å². The van der Waals surface area contributed by atoms with Crippen molar-refractivity contribution in [3.8, 4) is 0 Å². The van der Waals surface area contributed by atoms with Gasteiger partial charge in [-0.25, -0.2) is 4.39 Å². The summed E-state index contributed by atoms with van der Waals surface area (Å²) >= 11 is 3.40. The molecule has 0 aromatic heterocycles. The average molecular weight is 324 g/mol. The van der Waals surface area contributed by atoms with E-state index in [9.17, 15) is 9.50 Å². The van der Waals surface area contributed by atoms with Gasteiger partial charge in [-0.2, -0.15) is 0 Å². The van der Waals surface area contributed by atoms with Crippen LogP contribution in [0, 0.1) is 5.82 Å². The fourth-order valence-corrected chi connectivity index (χ4v) is 2.32. The molecule has 0 bridgehead atoms. The number of halogens is 2. The van der Waals surface area contributed by atoms with E-state index in [0.717, 1.165) is 10.2 Å². The number of hydrogen-bond acceptors (Lipinski definition) is 2. The molecule has 2 aromatic carbocycles. The van der Waals surface area contributed by atoms with Gasteiger partial charge < -0.3 is 10.4 Å². The van der Waals surface area contributed by atoms with Gasteiger partial charge in [-0.1, -0.05) is 34.1 Å². The Morgan fingerprint density at radius 2 is 1.95 bits per heavy atom. The topological polar surface area (TPSA) is 32.3 Å². The zero-order valence-corrected chi connectivity index (χ0v) is 12.1. The Morgan fingerprint density at radius 1 is 1.21 bits per heavy atom. The van der Waals surface area contributed by atoms with Gasteiger partial charge in [-0.05, 0) is 42.8 Å². The molecule has 100 valence electrons. The molecule has 2 rings (SSSR count). The largest absolute Gasteiger partial charge is 0.394 e. The second-order valence-electron chi connectivity index (χ2n) is 4.64. The average Bonchev–Trinajstić information content (AvgIpc) is 2.38. The van der Waals surface area contributed by atoms with Crippen molar-refractivity contribution in [1.82, 2.24) is 0 Å². The Morgan fingerprint density at radius 3 is 2.58 bits per heavy atom. The van der Waals surface area contributed by atoms with Crippen LogP contribution in [-0.2, 0) is 5.54 Å². The molecule has 2 aromatic rings. The number of benzene rings is 2. The molecular formula is C15H15BrFNO. The lowest BCUT2D eigenvalue weighted by molar-refractivity contribution is 0.224. The quantitative estimate of drug-likeness (QED) is 0.894. The van der Waals surface area contributed by atoms with E-state index in [4.69, 9.17) is 0 Å². The summed E-state index contributed by atoms with van der Waals surface area (Å²) in [5, 5.41) is 12.9.